The van der Waals surface area contributed by atoms with Crippen molar-refractivity contribution in [2.24, 2.45) is 0 Å². The summed E-state index contributed by atoms with van der Waals surface area (Å²) in [5, 5.41) is 10.8. The SMILES string of the molecule is CCC1C(=O)NC(=O)CN1C(=O)CCCO. The van der Waals surface area contributed by atoms with Gasteiger partial charge in [-0.3, -0.25) is 19.7 Å². The van der Waals surface area contributed by atoms with E-state index in [1.54, 1.807) is 6.92 Å². The summed E-state index contributed by atoms with van der Waals surface area (Å²) in [6, 6.07) is -0.566. The van der Waals surface area contributed by atoms with Gasteiger partial charge in [-0.1, -0.05) is 6.92 Å². The predicted octanol–water partition coefficient (Wildman–Crippen LogP) is -0.977. The Hall–Kier alpha value is -1.43. The van der Waals surface area contributed by atoms with Crippen LogP contribution >= 0.6 is 0 Å². The molecule has 0 aromatic heterocycles. The van der Waals surface area contributed by atoms with Gasteiger partial charge in [0.05, 0.1) is 0 Å². The lowest BCUT2D eigenvalue weighted by atomic mass is 10.1. The fourth-order valence-corrected chi connectivity index (χ4v) is 1.71. The summed E-state index contributed by atoms with van der Waals surface area (Å²) in [6.45, 7) is 1.64. The first kappa shape index (κ1) is 12.6. The van der Waals surface area contributed by atoms with Gasteiger partial charge in [0.15, 0.2) is 0 Å². The zero-order valence-corrected chi connectivity index (χ0v) is 9.23. The molecular weight excluding hydrogens is 212 g/mol. The van der Waals surface area contributed by atoms with Crippen LogP contribution in [0.15, 0.2) is 0 Å². The molecule has 0 radical (unpaired) electrons. The Morgan fingerprint density at radius 3 is 2.81 bits per heavy atom. The molecule has 0 bridgehead atoms. The molecule has 1 fully saturated rings. The largest absolute Gasteiger partial charge is 0.396 e. The fraction of sp³-hybridized carbons (Fsp3) is 0.700. The summed E-state index contributed by atoms with van der Waals surface area (Å²) in [6.07, 6.45) is 0.985. The molecule has 1 aliphatic heterocycles. The van der Waals surface area contributed by atoms with E-state index in [-0.39, 0.29) is 25.5 Å². The van der Waals surface area contributed by atoms with Gasteiger partial charge in [-0.05, 0) is 12.8 Å². The van der Waals surface area contributed by atoms with Gasteiger partial charge in [-0.15, -0.1) is 0 Å². The summed E-state index contributed by atoms with van der Waals surface area (Å²) in [5.74, 6) is -1.13. The molecule has 16 heavy (non-hydrogen) atoms. The monoisotopic (exact) mass is 228 g/mol. The van der Waals surface area contributed by atoms with Gasteiger partial charge < -0.3 is 10.0 Å². The third kappa shape index (κ3) is 2.79. The van der Waals surface area contributed by atoms with Crippen molar-refractivity contribution in [3.63, 3.8) is 0 Å². The highest BCUT2D eigenvalue weighted by molar-refractivity contribution is 6.04. The number of imide groups is 1. The van der Waals surface area contributed by atoms with Crippen LogP contribution in [-0.4, -0.2) is 46.9 Å². The molecule has 0 aromatic carbocycles. The van der Waals surface area contributed by atoms with E-state index < -0.39 is 17.9 Å². The Morgan fingerprint density at radius 2 is 2.25 bits per heavy atom. The smallest absolute Gasteiger partial charge is 0.249 e. The van der Waals surface area contributed by atoms with Crippen molar-refractivity contribution < 1.29 is 19.5 Å². The Bertz CT molecular complexity index is 303. The van der Waals surface area contributed by atoms with Crippen LogP contribution in [0, 0.1) is 0 Å². The van der Waals surface area contributed by atoms with Crippen molar-refractivity contribution in [1.29, 1.82) is 0 Å². The minimum absolute atomic E-state index is 0.0729. The van der Waals surface area contributed by atoms with Gasteiger partial charge in [-0.25, -0.2) is 0 Å². The highest BCUT2D eigenvalue weighted by Crippen LogP contribution is 2.11. The average Bonchev–Trinajstić information content (AvgIpc) is 2.24. The van der Waals surface area contributed by atoms with Gasteiger partial charge in [0, 0.05) is 13.0 Å². The van der Waals surface area contributed by atoms with E-state index in [4.69, 9.17) is 5.11 Å². The zero-order chi connectivity index (χ0) is 12.1. The molecule has 1 atom stereocenters. The van der Waals surface area contributed by atoms with Crippen LogP contribution in [0.4, 0.5) is 0 Å². The molecule has 1 rings (SSSR count). The molecule has 1 saturated heterocycles. The fourth-order valence-electron chi connectivity index (χ4n) is 1.71. The Labute approximate surface area is 93.6 Å². The van der Waals surface area contributed by atoms with Gasteiger partial charge >= 0.3 is 0 Å². The molecule has 0 spiro atoms. The maximum Gasteiger partial charge on any atom is 0.249 e. The maximum atomic E-state index is 11.7. The molecular formula is C10H16N2O4. The molecule has 3 amide bonds. The van der Waals surface area contributed by atoms with Crippen LogP contribution in [0.5, 0.6) is 0 Å². The quantitative estimate of drug-likeness (QED) is 0.606. The lowest BCUT2D eigenvalue weighted by Gasteiger charge is -2.33. The second-order valence-electron chi connectivity index (χ2n) is 3.69. The number of amides is 3. The Balaban J connectivity index is 2.70. The van der Waals surface area contributed by atoms with E-state index in [1.807, 2.05) is 0 Å². The molecule has 2 N–H and O–H groups in total. The number of rotatable bonds is 4. The zero-order valence-electron chi connectivity index (χ0n) is 9.23. The minimum Gasteiger partial charge on any atom is -0.396 e. The number of carbonyl (C=O) groups excluding carboxylic acids is 3. The maximum absolute atomic E-state index is 11.7. The van der Waals surface area contributed by atoms with Crippen molar-refractivity contribution in [2.75, 3.05) is 13.2 Å². The van der Waals surface area contributed by atoms with E-state index >= 15 is 0 Å². The molecule has 1 aliphatic rings. The molecule has 6 heteroatoms. The standard InChI is InChI=1S/C10H16N2O4/c1-2-7-10(16)11-8(14)6-12(7)9(15)4-3-5-13/h7,13H,2-6H2,1H3,(H,11,14,16). The Kier molecular flexibility index (Phi) is 4.42. The molecule has 0 aromatic rings. The molecule has 0 saturated carbocycles. The second kappa shape index (κ2) is 5.60. The van der Waals surface area contributed by atoms with Crippen molar-refractivity contribution in [2.45, 2.75) is 32.2 Å². The van der Waals surface area contributed by atoms with Crippen molar-refractivity contribution in [3.05, 3.63) is 0 Å². The highest BCUT2D eigenvalue weighted by atomic mass is 16.3. The van der Waals surface area contributed by atoms with Gasteiger partial charge in [0.1, 0.15) is 12.6 Å². The average molecular weight is 228 g/mol. The molecule has 6 nitrogen and oxygen atoms in total. The van der Waals surface area contributed by atoms with Crippen LogP contribution < -0.4 is 5.32 Å². The van der Waals surface area contributed by atoms with E-state index in [9.17, 15) is 14.4 Å². The topological polar surface area (TPSA) is 86.7 Å². The predicted molar refractivity (Wildman–Crippen MR) is 55.3 cm³/mol. The number of nitrogens with zero attached hydrogens (tertiary/aromatic N) is 1. The van der Waals surface area contributed by atoms with Gasteiger partial charge in [-0.2, -0.15) is 0 Å². The minimum atomic E-state index is -0.566. The van der Waals surface area contributed by atoms with Crippen LogP contribution in [-0.2, 0) is 14.4 Å². The number of nitrogens with one attached hydrogen (secondary N) is 1. The first-order valence-electron chi connectivity index (χ1n) is 5.34. The van der Waals surface area contributed by atoms with E-state index in [0.29, 0.717) is 12.8 Å². The molecule has 1 heterocycles. The number of piperazine rings is 1. The van der Waals surface area contributed by atoms with Crippen LogP contribution in [0.25, 0.3) is 0 Å². The van der Waals surface area contributed by atoms with E-state index in [1.165, 1.54) is 4.90 Å². The number of aliphatic hydroxyl groups excluding tert-OH is 1. The summed E-state index contributed by atoms with van der Waals surface area (Å²) in [7, 11) is 0. The van der Waals surface area contributed by atoms with Crippen molar-refractivity contribution in [3.8, 4) is 0 Å². The highest BCUT2D eigenvalue weighted by Gasteiger charge is 2.34. The number of hydrogen-bond acceptors (Lipinski definition) is 4. The first-order chi connectivity index (χ1) is 7.60. The van der Waals surface area contributed by atoms with Crippen molar-refractivity contribution >= 4 is 17.7 Å². The van der Waals surface area contributed by atoms with Crippen molar-refractivity contribution in [1.82, 2.24) is 10.2 Å². The van der Waals surface area contributed by atoms with E-state index in [0.717, 1.165) is 0 Å². The lowest BCUT2D eigenvalue weighted by molar-refractivity contribution is -0.150. The second-order valence-corrected chi connectivity index (χ2v) is 3.69. The molecule has 1 unspecified atom stereocenters. The first-order valence-corrected chi connectivity index (χ1v) is 5.34. The summed E-state index contributed by atoms with van der Waals surface area (Å²) < 4.78 is 0. The van der Waals surface area contributed by atoms with Gasteiger partial charge in [0.2, 0.25) is 17.7 Å². The summed E-state index contributed by atoms with van der Waals surface area (Å²) in [4.78, 5) is 35.6. The number of carbonyl (C=O) groups is 3. The van der Waals surface area contributed by atoms with Crippen LogP contribution in [0.2, 0.25) is 0 Å². The Morgan fingerprint density at radius 1 is 1.56 bits per heavy atom. The third-order valence-electron chi connectivity index (χ3n) is 2.51. The number of aliphatic hydroxyl groups is 1. The van der Waals surface area contributed by atoms with Crippen LogP contribution in [0.3, 0.4) is 0 Å². The van der Waals surface area contributed by atoms with Gasteiger partial charge in [0.25, 0.3) is 0 Å². The molecule has 0 aliphatic carbocycles. The lowest BCUT2D eigenvalue weighted by Crippen LogP contribution is -2.59. The summed E-state index contributed by atoms with van der Waals surface area (Å²) in [5.41, 5.74) is 0. The van der Waals surface area contributed by atoms with Crippen LogP contribution in [0.1, 0.15) is 26.2 Å². The summed E-state index contributed by atoms with van der Waals surface area (Å²) >= 11 is 0. The van der Waals surface area contributed by atoms with E-state index in [2.05, 4.69) is 5.32 Å². The number of hydrogen-bond donors (Lipinski definition) is 2. The third-order valence-corrected chi connectivity index (χ3v) is 2.51. The normalized spacial score (nSPS) is 20.9. The molecule has 90 valence electrons.